The molecule has 1 unspecified atom stereocenters. The first kappa shape index (κ1) is 22.5. The van der Waals surface area contributed by atoms with Gasteiger partial charge in [0.15, 0.2) is 0 Å². The van der Waals surface area contributed by atoms with Gasteiger partial charge in [0.1, 0.15) is 17.6 Å². The molecule has 2 aromatic carbocycles. The van der Waals surface area contributed by atoms with Crippen LogP contribution in [-0.2, 0) is 4.79 Å². The van der Waals surface area contributed by atoms with Gasteiger partial charge in [0, 0.05) is 0 Å². The summed E-state index contributed by atoms with van der Waals surface area (Å²) in [5.41, 5.74) is 3.05. The second kappa shape index (κ2) is 10.7. The van der Waals surface area contributed by atoms with Crippen molar-refractivity contribution in [2.45, 2.75) is 26.8 Å². The van der Waals surface area contributed by atoms with Crippen molar-refractivity contribution in [3.8, 4) is 5.75 Å². The van der Waals surface area contributed by atoms with E-state index in [1.807, 2.05) is 6.92 Å². The van der Waals surface area contributed by atoms with Crippen LogP contribution in [0, 0.1) is 11.7 Å². The van der Waals surface area contributed by atoms with Gasteiger partial charge in [-0.15, -0.1) is 0 Å². The van der Waals surface area contributed by atoms with Crippen LogP contribution in [-0.4, -0.2) is 30.7 Å². The average Bonchev–Trinajstić information content (AvgIpc) is 2.68. The molecular formula is C21H23BrFN3O3. The summed E-state index contributed by atoms with van der Waals surface area (Å²) in [6.07, 6.45) is 1.48. The lowest BCUT2D eigenvalue weighted by Gasteiger charge is -2.20. The molecular weight excluding hydrogens is 441 g/mol. The molecule has 0 saturated carbocycles. The van der Waals surface area contributed by atoms with Gasteiger partial charge < -0.3 is 10.1 Å². The summed E-state index contributed by atoms with van der Waals surface area (Å²) in [5, 5.41) is 6.51. The van der Waals surface area contributed by atoms with E-state index >= 15 is 0 Å². The quantitative estimate of drug-likeness (QED) is 0.460. The molecule has 0 aliphatic rings. The second-order valence-electron chi connectivity index (χ2n) is 6.53. The Morgan fingerprint density at radius 3 is 2.59 bits per heavy atom. The first-order valence-electron chi connectivity index (χ1n) is 9.14. The van der Waals surface area contributed by atoms with Gasteiger partial charge in [0.25, 0.3) is 11.8 Å². The van der Waals surface area contributed by atoms with Crippen LogP contribution in [0.15, 0.2) is 52.0 Å². The molecule has 0 aliphatic heterocycles. The van der Waals surface area contributed by atoms with Crippen LogP contribution in [0.2, 0.25) is 0 Å². The summed E-state index contributed by atoms with van der Waals surface area (Å²) in [5.74, 6) is -1.31. The fourth-order valence-electron chi connectivity index (χ4n) is 2.51. The van der Waals surface area contributed by atoms with Crippen LogP contribution in [0.25, 0.3) is 0 Å². The van der Waals surface area contributed by atoms with Crippen LogP contribution in [0.3, 0.4) is 0 Å². The smallest absolute Gasteiger partial charge is 0.262 e. The zero-order valence-electron chi connectivity index (χ0n) is 16.4. The zero-order chi connectivity index (χ0) is 21.4. The van der Waals surface area contributed by atoms with E-state index in [0.717, 1.165) is 10.0 Å². The van der Waals surface area contributed by atoms with Gasteiger partial charge in [-0.2, -0.15) is 5.10 Å². The molecule has 0 aromatic heterocycles. The molecule has 0 saturated heterocycles. The molecule has 0 radical (unpaired) electrons. The zero-order valence-corrected chi connectivity index (χ0v) is 18.0. The van der Waals surface area contributed by atoms with Gasteiger partial charge in [-0.25, -0.2) is 9.82 Å². The predicted molar refractivity (Wildman–Crippen MR) is 114 cm³/mol. The summed E-state index contributed by atoms with van der Waals surface area (Å²) in [7, 11) is 0. The molecule has 0 heterocycles. The van der Waals surface area contributed by atoms with Gasteiger partial charge in [0.05, 0.1) is 22.9 Å². The van der Waals surface area contributed by atoms with Crippen molar-refractivity contribution in [1.82, 2.24) is 10.7 Å². The number of amides is 2. The topological polar surface area (TPSA) is 79.8 Å². The lowest BCUT2D eigenvalue weighted by atomic mass is 10.0. The number of ether oxygens (including phenoxy) is 1. The van der Waals surface area contributed by atoms with Crippen LogP contribution in [0.5, 0.6) is 5.75 Å². The highest BCUT2D eigenvalue weighted by Gasteiger charge is 2.25. The normalized spacial score (nSPS) is 12.1. The van der Waals surface area contributed by atoms with E-state index in [0.29, 0.717) is 12.4 Å². The molecule has 2 N–H and O–H groups in total. The third-order valence-electron chi connectivity index (χ3n) is 4.00. The van der Waals surface area contributed by atoms with E-state index in [1.165, 1.54) is 24.4 Å². The minimum atomic E-state index is -0.869. The Hall–Kier alpha value is -2.74. The number of hydrogen-bond donors (Lipinski definition) is 2. The van der Waals surface area contributed by atoms with Crippen molar-refractivity contribution in [3.63, 3.8) is 0 Å². The molecule has 29 heavy (non-hydrogen) atoms. The average molecular weight is 464 g/mol. The summed E-state index contributed by atoms with van der Waals surface area (Å²) >= 11 is 3.41. The Kier molecular flexibility index (Phi) is 8.33. The van der Waals surface area contributed by atoms with Gasteiger partial charge in [0.2, 0.25) is 0 Å². The van der Waals surface area contributed by atoms with Crippen molar-refractivity contribution in [2.24, 2.45) is 11.0 Å². The summed E-state index contributed by atoms with van der Waals surface area (Å²) < 4.78 is 20.0. The van der Waals surface area contributed by atoms with Gasteiger partial charge in [-0.3, -0.25) is 9.59 Å². The van der Waals surface area contributed by atoms with E-state index < -0.39 is 23.7 Å². The fraction of sp³-hybridized carbons (Fsp3) is 0.286. The number of carbonyl (C=O) groups is 2. The Balaban J connectivity index is 2.02. The van der Waals surface area contributed by atoms with Crippen molar-refractivity contribution < 1.29 is 18.7 Å². The second-order valence-corrected chi connectivity index (χ2v) is 7.39. The van der Waals surface area contributed by atoms with Crippen molar-refractivity contribution in [1.29, 1.82) is 0 Å². The molecule has 0 aliphatic carbocycles. The number of nitrogens with zero attached hydrogens (tertiary/aromatic N) is 1. The third-order valence-corrected chi connectivity index (χ3v) is 4.62. The first-order valence-corrected chi connectivity index (χ1v) is 9.93. The van der Waals surface area contributed by atoms with Gasteiger partial charge in [-0.1, -0.05) is 26.0 Å². The SMILES string of the molecule is CCOc1ccc(/C=N/NC(=O)C(NC(=O)c2ccccc2F)C(C)C)cc1Br. The van der Waals surface area contributed by atoms with Crippen molar-refractivity contribution in [3.05, 3.63) is 63.9 Å². The molecule has 2 rings (SSSR count). The number of hydrazone groups is 1. The fourth-order valence-corrected chi connectivity index (χ4v) is 3.02. The third kappa shape index (κ3) is 6.39. The molecule has 8 heteroatoms. The Labute approximate surface area is 177 Å². The molecule has 2 aromatic rings. The maximum absolute atomic E-state index is 13.8. The van der Waals surface area contributed by atoms with Crippen LogP contribution < -0.4 is 15.5 Å². The minimum Gasteiger partial charge on any atom is -0.493 e. The summed E-state index contributed by atoms with van der Waals surface area (Å²) in [6.45, 7) is 6.00. The van der Waals surface area contributed by atoms with Crippen LogP contribution in [0.1, 0.15) is 36.7 Å². The largest absolute Gasteiger partial charge is 0.493 e. The number of hydrogen-bond acceptors (Lipinski definition) is 4. The number of nitrogens with one attached hydrogen (secondary N) is 2. The number of carbonyl (C=O) groups excluding carboxylic acids is 2. The number of rotatable bonds is 8. The lowest BCUT2D eigenvalue weighted by Crippen LogP contribution is -2.48. The maximum atomic E-state index is 13.8. The van der Waals surface area contributed by atoms with Gasteiger partial charge >= 0.3 is 0 Å². The molecule has 2 amide bonds. The minimum absolute atomic E-state index is 0.117. The van der Waals surface area contributed by atoms with Crippen molar-refractivity contribution in [2.75, 3.05) is 6.61 Å². The maximum Gasteiger partial charge on any atom is 0.262 e. The predicted octanol–water partition coefficient (Wildman–Crippen LogP) is 3.89. The van der Waals surface area contributed by atoms with E-state index in [-0.39, 0.29) is 11.5 Å². The molecule has 6 nitrogen and oxygen atoms in total. The highest BCUT2D eigenvalue weighted by atomic mass is 79.9. The molecule has 154 valence electrons. The highest BCUT2D eigenvalue weighted by Crippen LogP contribution is 2.25. The Morgan fingerprint density at radius 1 is 1.24 bits per heavy atom. The van der Waals surface area contributed by atoms with E-state index in [4.69, 9.17) is 4.74 Å². The Morgan fingerprint density at radius 2 is 1.97 bits per heavy atom. The number of benzene rings is 2. The molecule has 0 spiro atoms. The van der Waals surface area contributed by atoms with E-state index in [1.54, 1.807) is 38.1 Å². The Bertz CT molecular complexity index is 902. The van der Waals surface area contributed by atoms with Crippen molar-refractivity contribution >= 4 is 34.0 Å². The standard InChI is InChI=1S/C21H23BrFN3O3/c1-4-29-18-10-9-14(11-16(18)22)12-24-26-21(28)19(13(2)3)25-20(27)15-7-5-6-8-17(15)23/h5-13,19H,4H2,1-3H3,(H,25,27)(H,26,28)/b24-12+. The summed E-state index contributed by atoms with van der Waals surface area (Å²) in [4.78, 5) is 24.8. The van der Waals surface area contributed by atoms with E-state index in [9.17, 15) is 14.0 Å². The van der Waals surface area contributed by atoms with E-state index in [2.05, 4.69) is 31.8 Å². The highest BCUT2D eigenvalue weighted by molar-refractivity contribution is 9.10. The molecule has 0 fully saturated rings. The van der Waals surface area contributed by atoms with Crippen LogP contribution in [0.4, 0.5) is 4.39 Å². The summed E-state index contributed by atoms with van der Waals surface area (Å²) in [6, 6.07) is 10.1. The first-order chi connectivity index (χ1) is 13.8. The monoisotopic (exact) mass is 463 g/mol. The number of halogens is 2. The molecule has 1 atom stereocenters. The van der Waals surface area contributed by atoms with Gasteiger partial charge in [-0.05, 0) is 64.7 Å². The lowest BCUT2D eigenvalue weighted by molar-refractivity contribution is -0.123. The van der Waals surface area contributed by atoms with Crippen LogP contribution >= 0.6 is 15.9 Å². The molecule has 0 bridgehead atoms.